The zero-order valence-corrected chi connectivity index (χ0v) is 23.6. The van der Waals surface area contributed by atoms with Crippen LogP contribution in [0.5, 0.6) is 0 Å². The first-order valence-electron chi connectivity index (χ1n) is 12.5. The molecule has 0 radical (unpaired) electrons. The lowest BCUT2D eigenvalue weighted by Gasteiger charge is -2.25. The van der Waals surface area contributed by atoms with Gasteiger partial charge in [-0.3, -0.25) is 14.6 Å². The Kier molecular flexibility index (Phi) is 9.23. The molecular formula is C26H31BrN6O6. The highest BCUT2D eigenvalue weighted by atomic mass is 79.9. The minimum absolute atomic E-state index is 0.0529. The van der Waals surface area contributed by atoms with Crippen molar-refractivity contribution in [3.05, 3.63) is 47.1 Å². The molecule has 0 fully saturated rings. The van der Waals surface area contributed by atoms with Crippen LogP contribution in [0.25, 0.3) is 10.9 Å². The number of aromatic amines is 1. The first-order chi connectivity index (χ1) is 18.8. The van der Waals surface area contributed by atoms with E-state index in [1.54, 1.807) is 12.5 Å². The molecule has 2 aromatic heterocycles. The molecule has 1 aromatic carbocycles. The first kappa shape index (κ1) is 28.1. The predicted molar refractivity (Wildman–Crippen MR) is 147 cm³/mol. The lowest BCUT2D eigenvalue weighted by molar-refractivity contribution is -0.162. The monoisotopic (exact) mass is 602 g/mol. The maximum atomic E-state index is 13.0. The number of aromatic nitrogens is 3. The average molecular weight is 603 g/mol. The van der Waals surface area contributed by atoms with Crippen LogP contribution in [0.1, 0.15) is 26.0 Å². The first-order valence-corrected chi connectivity index (χ1v) is 13.3. The fraction of sp³-hybridized carbons (Fsp3) is 0.423. The van der Waals surface area contributed by atoms with Crippen molar-refractivity contribution in [2.24, 2.45) is 23.9 Å². The summed E-state index contributed by atoms with van der Waals surface area (Å²) in [5, 5.41) is 4.16. The Hall–Kier alpha value is -3.87. The molecule has 0 spiro atoms. The largest absolute Gasteiger partial charge is 0.466 e. The van der Waals surface area contributed by atoms with Crippen molar-refractivity contribution in [1.29, 1.82) is 0 Å². The number of amides is 1. The topological polar surface area (TPSA) is 140 Å². The minimum atomic E-state index is -0.690. The summed E-state index contributed by atoms with van der Waals surface area (Å²) in [5.74, 6) is -1.55. The second-order valence-corrected chi connectivity index (χ2v) is 9.91. The van der Waals surface area contributed by atoms with Gasteiger partial charge in [-0.05, 0) is 47.0 Å². The number of fused-ring (bicyclic) bond motifs is 1. The van der Waals surface area contributed by atoms with Crippen LogP contribution in [-0.4, -0.2) is 69.9 Å². The van der Waals surface area contributed by atoms with Gasteiger partial charge in [0, 0.05) is 48.9 Å². The number of carbonyl (C=O) groups excluding carboxylic acids is 3. The number of ether oxygens (including phenoxy) is 3. The molecule has 13 heteroatoms. The average Bonchev–Trinajstić information content (AvgIpc) is 3.66. The van der Waals surface area contributed by atoms with Gasteiger partial charge in [0.1, 0.15) is 0 Å². The van der Waals surface area contributed by atoms with E-state index in [-0.39, 0.29) is 12.5 Å². The number of H-pyrrole nitrogens is 1. The summed E-state index contributed by atoms with van der Waals surface area (Å²) < 4.78 is 18.5. The molecule has 4 rings (SSSR count). The van der Waals surface area contributed by atoms with E-state index in [0.717, 1.165) is 26.8 Å². The van der Waals surface area contributed by atoms with Gasteiger partial charge in [0.15, 0.2) is 0 Å². The second kappa shape index (κ2) is 12.8. The van der Waals surface area contributed by atoms with Gasteiger partial charge in [0.25, 0.3) is 0 Å². The molecule has 39 heavy (non-hydrogen) atoms. The molecular weight excluding hydrogens is 572 g/mol. The highest BCUT2D eigenvalue weighted by Crippen LogP contribution is 2.31. The summed E-state index contributed by atoms with van der Waals surface area (Å²) in [6.07, 6.45) is 5.43. The normalized spacial score (nSPS) is 14.6. The Bertz CT molecular complexity index is 1370. The van der Waals surface area contributed by atoms with Crippen molar-refractivity contribution in [3.8, 4) is 0 Å². The van der Waals surface area contributed by atoms with Gasteiger partial charge in [-0.2, -0.15) is 0 Å². The lowest BCUT2D eigenvalue weighted by atomic mass is 9.87. The summed E-state index contributed by atoms with van der Waals surface area (Å²) in [7, 11) is 1.85. The summed E-state index contributed by atoms with van der Waals surface area (Å²) >= 11 is 3.59. The fourth-order valence-corrected chi connectivity index (χ4v) is 5.03. The van der Waals surface area contributed by atoms with E-state index < -0.39 is 30.7 Å². The van der Waals surface area contributed by atoms with Gasteiger partial charge in [-0.25, -0.2) is 14.7 Å². The van der Waals surface area contributed by atoms with E-state index in [1.165, 1.54) is 11.8 Å². The summed E-state index contributed by atoms with van der Waals surface area (Å²) in [6, 6.07) is 5.74. The van der Waals surface area contributed by atoms with Crippen LogP contribution in [0, 0.1) is 11.8 Å². The summed E-state index contributed by atoms with van der Waals surface area (Å²) in [4.78, 5) is 50.2. The van der Waals surface area contributed by atoms with Crippen LogP contribution in [-0.2, 0) is 37.3 Å². The number of hydrogen-bond donors (Lipinski definition) is 2. The number of halogens is 1. The highest BCUT2D eigenvalue weighted by Gasteiger charge is 2.31. The maximum Gasteiger partial charge on any atom is 0.419 e. The molecule has 2 atom stereocenters. The van der Waals surface area contributed by atoms with Gasteiger partial charge >= 0.3 is 18.0 Å². The van der Waals surface area contributed by atoms with Crippen LogP contribution in [0.4, 0.5) is 10.5 Å². The summed E-state index contributed by atoms with van der Waals surface area (Å²) in [5.41, 5.74) is 2.60. The molecule has 1 amide bonds. The third-order valence-electron chi connectivity index (χ3n) is 6.56. The van der Waals surface area contributed by atoms with Crippen molar-refractivity contribution in [2.75, 3.05) is 31.8 Å². The van der Waals surface area contributed by atoms with Crippen LogP contribution < -0.4 is 5.32 Å². The lowest BCUT2D eigenvalue weighted by Crippen LogP contribution is -2.39. The van der Waals surface area contributed by atoms with Crippen LogP contribution in [0.2, 0.25) is 0 Å². The van der Waals surface area contributed by atoms with Crippen molar-refractivity contribution in [2.45, 2.75) is 26.7 Å². The number of rotatable bonds is 10. The zero-order chi connectivity index (χ0) is 27.9. The van der Waals surface area contributed by atoms with E-state index >= 15 is 0 Å². The number of carbonyl (C=O) groups is 3. The SMILES string of the molecule is CC[C@H](C(=O)OCOC(=O)N1CCN=C1Nc1ccc2[nH]ccc2c1Br)[C@H](COC(C)=O)Cc1cncn1C. The van der Waals surface area contributed by atoms with Gasteiger partial charge in [-0.1, -0.05) is 6.92 Å². The molecule has 1 aliphatic heterocycles. The number of anilines is 1. The summed E-state index contributed by atoms with van der Waals surface area (Å²) in [6.45, 7) is 3.41. The Morgan fingerprint density at radius 3 is 2.74 bits per heavy atom. The molecule has 0 aliphatic carbocycles. The Balaban J connectivity index is 1.33. The van der Waals surface area contributed by atoms with Crippen molar-refractivity contribution >= 4 is 56.5 Å². The fourth-order valence-electron chi connectivity index (χ4n) is 4.45. The van der Waals surface area contributed by atoms with Gasteiger partial charge < -0.3 is 29.1 Å². The van der Waals surface area contributed by atoms with E-state index in [2.05, 4.69) is 36.2 Å². The number of guanidine groups is 1. The molecule has 0 bridgehead atoms. The number of imidazole rings is 1. The maximum absolute atomic E-state index is 13.0. The number of esters is 2. The molecule has 0 unspecified atom stereocenters. The van der Waals surface area contributed by atoms with Gasteiger partial charge in [0.05, 0.1) is 42.1 Å². The Morgan fingerprint density at radius 1 is 1.21 bits per heavy atom. The predicted octanol–water partition coefficient (Wildman–Crippen LogP) is 3.83. The Labute approximate surface area is 233 Å². The molecule has 2 N–H and O–H groups in total. The van der Waals surface area contributed by atoms with Crippen LogP contribution >= 0.6 is 15.9 Å². The molecule has 3 aromatic rings. The molecule has 0 saturated carbocycles. The van der Waals surface area contributed by atoms with Crippen molar-refractivity contribution in [3.63, 3.8) is 0 Å². The van der Waals surface area contributed by atoms with E-state index in [4.69, 9.17) is 14.2 Å². The molecule has 208 valence electrons. The Morgan fingerprint density at radius 2 is 2.03 bits per heavy atom. The standard InChI is InChI=1S/C26H31BrN6O6/c1-4-19(17(13-37-16(2)34)11-18-12-28-14-32(18)3)24(35)38-15-39-26(36)33-10-9-30-25(33)31-22-6-5-21-20(23(22)27)7-8-29-21/h5-8,12,14,17,19,29H,4,9-11,13,15H2,1-3H3,(H,30,31)/t17-,19-/m0/s1. The van der Waals surface area contributed by atoms with Crippen LogP contribution in [0.15, 0.2) is 46.4 Å². The number of nitrogens with zero attached hydrogens (tertiary/aromatic N) is 4. The third kappa shape index (κ3) is 6.77. The molecule has 0 saturated heterocycles. The number of aliphatic imine (C=N–C) groups is 1. The number of nitrogens with one attached hydrogen (secondary N) is 2. The van der Waals surface area contributed by atoms with Gasteiger partial charge in [0.2, 0.25) is 12.8 Å². The number of aryl methyl sites for hydroxylation is 1. The van der Waals surface area contributed by atoms with Gasteiger partial charge in [-0.15, -0.1) is 0 Å². The minimum Gasteiger partial charge on any atom is -0.466 e. The zero-order valence-electron chi connectivity index (χ0n) is 22.0. The van der Waals surface area contributed by atoms with Crippen molar-refractivity contribution in [1.82, 2.24) is 19.4 Å². The number of hydrogen-bond acceptors (Lipinski definition) is 9. The van der Waals surface area contributed by atoms with Crippen LogP contribution in [0.3, 0.4) is 0 Å². The molecule has 1 aliphatic rings. The van der Waals surface area contributed by atoms with E-state index in [9.17, 15) is 14.4 Å². The van der Waals surface area contributed by atoms with E-state index in [0.29, 0.717) is 31.9 Å². The smallest absolute Gasteiger partial charge is 0.419 e. The van der Waals surface area contributed by atoms with Crippen molar-refractivity contribution < 1.29 is 28.6 Å². The second-order valence-electron chi connectivity index (χ2n) is 9.12. The highest BCUT2D eigenvalue weighted by molar-refractivity contribution is 9.10. The molecule has 12 nitrogen and oxygen atoms in total. The third-order valence-corrected chi connectivity index (χ3v) is 7.41. The number of benzene rings is 1. The quantitative estimate of drug-likeness (QED) is 0.263. The molecule has 3 heterocycles. The van der Waals surface area contributed by atoms with E-state index in [1.807, 2.05) is 42.9 Å².